The molecule has 7 heteroatoms. The van der Waals surface area contributed by atoms with E-state index in [0.717, 1.165) is 12.2 Å². The van der Waals surface area contributed by atoms with Crippen molar-refractivity contribution in [3.63, 3.8) is 0 Å². The molecule has 0 saturated heterocycles. The van der Waals surface area contributed by atoms with Gasteiger partial charge >= 0.3 is 0 Å². The van der Waals surface area contributed by atoms with Crippen molar-refractivity contribution < 1.29 is 18.8 Å². The first-order chi connectivity index (χ1) is 13.6. The molecule has 1 aliphatic carbocycles. The van der Waals surface area contributed by atoms with Gasteiger partial charge in [0.2, 0.25) is 0 Å². The highest BCUT2D eigenvalue weighted by Gasteiger charge is 2.31. The number of rotatable bonds is 4. The molecule has 1 N–H and O–H groups in total. The highest BCUT2D eigenvalue weighted by molar-refractivity contribution is 6.02. The Morgan fingerprint density at radius 3 is 2.86 bits per heavy atom. The Hall–Kier alpha value is -2.83. The Kier molecular flexibility index (Phi) is 5.32. The first kappa shape index (κ1) is 18.5. The fraction of sp³-hybridized carbons (Fsp3) is 0.476. The summed E-state index contributed by atoms with van der Waals surface area (Å²) in [5.74, 6) is 1.28. The number of carbonyl (C=O) groups is 2. The van der Waals surface area contributed by atoms with Crippen molar-refractivity contribution in [2.24, 2.45) is 5.92 Å². The van der Waals surface area contributed by atoms with E-state index in [1.165, 1.54) is 37.0 Å². The Balaban J connectivity index is 1.40. The van der Waals surface area contributed by atoms with Gasteiger partial charge in [-0.05, 0) is 18.1 Å². The lowest BCUT2D eigenvalue weighted by Crippen LogP contribution is -2.49. The number of ether oxygens (including phenoxy) is 1. The van der Waals surface area contributed by atoms with Gasteiger partial charge in [-0.15, -0.1) is 0 Å². The van der Waals surface area contributed by atoms with Crippen LogP contribution in [0.3, 0.4) is 0 Å². The second-order valence-electron chi connectivity index (χ2n) is 7.59. The van der Waals surface area contributed by atoms with Gasteiger partial charge in [0.1, 0.15) is 24.2 Å². The third-order valence-corrected chi connectivity index (χ3v) is 5.57. The van der Waals surface area contributed by atoms with Crippen molar-refractivity contribution in [1.82, 2.24) is 10.5 Å². The molecule has 1 aliphatic heterocycles. The number of benzene rings is 1. The number of para-hydroxylation sites is 2. The van der Waals surface area contributed by atoms with Crippen LogP contribution in [0.15, 0.2) is 34.9 Å². The minimum absolute atomic E-state index is 0.0682. The minimum atomic E-state index is -0.789. The summed E-state index contributed by atoms with van der Waals surface area (Å²) in [5.41, 5.74) is 0.878. The van der Waals surface area contributed by atoms with Gasteiger partial charge in [0.05, 0.1) is 5.69 Å². The molecule has 7 nitrogen and oxygen atoms in total. The van der Waals surface area contributed by atoms with Gasteiger partial charge in [-0.2, -0.15) is 0 Å². The summed E-state index contributed by atoms with van der Waals surface area (Å²) in [6.07, 6.45) is 7.02. The molecule has 4 rings (SSSR count). The lowest BCUT2D eigenvalue weighted by molar-refractivity contribution is -0.120. The van der Waals surface area contributed by atoms with Crippen LogP contribution in [0.4, 0.5) is 5.69 Å². The highest BCUT2D eigenvalue weighted by atomic mass is 16.5. The molecule has 1 saturated carbocycles. The molecule has 2 aromatic rings. The van der Waals surface area contributed by atoms with E-state index in [-0.39, 0.29) is 18.2 Å². The van der Waals surface area contributed by atoms with Crippen LogP contribution in [0.2, 0.25) is 0 Å². The number of carbonyl (C=O) groups excluding carboxylic acids is 2. The predicted molar refractivity (Wildman–Crippen MR) is 103 cm³/mol. The Morgan fingerprint density at radius 2 is 2.04 bits per heavy atom. The van der Waals surface area contributed by atoms with E-state index in [1.54, 1.807) is 19.2 Å². The Bertz CT molecular complexity index is 857. The maximum absolute atomic E-state index is 12.7. The van der Waals surface area contributed by atoms with Crippen LogP contribution < -0.4 is 15.0 Å². The molecule has 0 unspecified atom stereocenters. The number of hydrogen-bond donors (Lipinski definition) is 1. The summed E-state index contributed by atoms with van der Waals surface area (Å²) in [6.45, 7) is 0.0682. The van der Waals surface area contributed by atoms with E-state index >= 15 is 0 Å². The van der Waals surface area contributed by atoms with Crippen LogP contribution in [0.1, 0.15) is 48.4 Å². The van der Waals surface area contributed by atoms with Crippen LogP contribution in [-0.4, -0.2) is 36.7 Å². The van der Waals surface area contributed by atoms with Crippen molar-refractivity contribution in [2.45, 2.75) is 44.6 Å². The molecular formula is C21H25N3O4. The van der Waals surface area contributed by atoms with E-state index in [1.807, 2.05) is 18.2 Å². The summed E-state index contributed by atoms with van der Waals surface area (Å²) in [4.78, 5) is 26.8. The van der Waals surface area contributed by atoms with Crippen LogP contribution >= 0.6 is 0 Å². The first-order valence-electron chi connectivity index (χ1n) is 9.87. The normalized spacial score (nSPS) is 20.2. The van der Waals surface area contributed by atoms with E-state index < -0.39 is 11.9 Å². The fourth-order valence-corrected chi connectivity index (χ4v) is 3.98. The van der Waals surface area contributed by atoms with Gasteiger partial charge in [-0.3, -0.25) is 9.59 Å². The van der Waals surface area contributed by atoms with E-state index in [9.17, 15) is 9.59 Å². The summed E-state index contributed by atoms with van der Waals surface area (Å²) >= 11 is 0. The standard InChI is InChI=1S/C21H25N3O4/c1-24-18-9-5-6-10-19(18)27-13-17(21(24)26)22-20(25)16-12-15(28-23-16)11-14-7-3-2-4-8-14/h5-6,9-10,12,14,17H,2-4,7-8,11,13H2,1H3,(H,22,25)/t17-/m0/s1. The topological polar surface area (TPSA) is 84.7 Å². The second kappa shape index (κ2) is 8.04. The third kappa shape index (κ3) is 3.88. The monoisotopic (exact) mass is 383 g/mol. The molecular weight excluding hydrogens is 358 g/mol. The SMILES string of the molecule is CN1C(=O)[C@@H](NC(=O)c2cc(CC3CCCCC3)on2)COc2ccccc21. The zero-order valence-electron chi connectivity index (χ0n) is 16.0. The van der Waals surface area contributed by atoms with Gasteiger partial charge in [0.15, 0.2) is 5.69 Å². The number of nitrogens with one attached hydrogen (secondary N) is 1. The lowest BCUT2D eigenvalue weighted by Gasteiger charge is -2.20. The van der Waals surface area contributed by atoms with Crippen molar-refractivity contribution in [3.8, 4) is 5.75 Å². The van der Waals surface area contributed by atoms with E-state index in [2.05, 4.69) is 10.5 Å². The van der Waals surface area contributed by atoms with E-state index in [0.29, 0.717) is 17.4 Å². The minimum Gasteiger partial charge on any atom is -0.489 e. The van der Waals surface area contributed by atoms with Crippen LogP contribution in [0.25, 0.3) is 0 Å². The van der Waals surface area contributed by atoms with Crippen molar-refractivity contribution in [3.05, 3.63) is 41.8 Å². The number of aromatic nitrogens is 1. The predicted octanol–water partition coefficient (Wildman–Crippen LogP) is 2.95. The number of amides is 2. The van der Waals surface area contributed by atoms with Gasteiger partial charge in [-0.25, -0.2) is 0 Å². The number of anilines is 1. The summed E-state index contributed by atoms with van der Waals surface area (Å²) in [5, 5.41) is 6.63. The average molecular weight is 383 g/mol. The quantitative estimate of drug-likeness (QED) is 0.877. The maximum atomic E-state index is 12.7. The fourth-order valence-electron chi connectivity index (χ4n) is 3.98. The molecule has 0 radical (unpaired) electrons. The summed E-state index contributed by atoms with van der Waals surface area (Å²) < 4.78 is 11.1. The molecule has 148 valence electrons. The van der Waals surface area contributed by atoms with E-state index in [4.69, 9.17) is 9.26 Å². The Labute approximate surface area is 164 Å². The maximum Gasteiger partial charge on any atom is 0.274 e. The molecule has 0 spiro atoms. The molecule has 1 aromatic carbocycles. The van der Waals surface area contributed by atoms with Crippen molar-refractivity contribution >= 4 is 17.5 Å². The lowest BCUT2D eigenvalue weighted by atomic mass is 9.86. The van der Waals surface area contributed by atoms with Gasteiger partial charge in [0.25, 0.3) is 11.8 Å². The molecule has 1 fully saturated rings. The van der Waals surface area contributed by atoms with Crippen molar-refractivity contribution in [2.75, 3.05) is 18.6 Å². The molecule has 2 heterocycles. The van der Waals surface area contributed by atoms with Crippen LogP contribution in [0, 0.1) is 5.92 Å². The number of likely N-dealkylation sites (N-methyl/N-ethyl adjacent to an activating group) is 1. The third-order valence-electron chi connectivity index (χ3n) is 5.57. The molecule has 2 amide bonds. The largest absolute Gasteiger partial charge is 0.489 e. The van der Waals surface area contributed by atoms with Crippen molar-refractivity contribution in [1.29, 1.82) is 0 Å². The number of fused-ring (bicyclic) bond motifs is 1. The Morgan fingerprint density at radius 1 is 1.25 bits per heavy atom. The average Bonchev–Trinajstić information content (AvgIpc) is 3.15. The van der Waals surface area contributed by atoms with Gasteiger partial charge in [0, 0.05) is 19.5 Å². The smallest absolute Gasteiger partial charge is 0.274 e. The molecule has 2 aliphatic rings. The van der Waals surface area contributed by atoms with Gasteiger partial charge < -0.3 is 19.5 Å². The zero-order chi connectivity index (χ0) is 19.5. The molecule has 1 aromatic heterocycles. The molecule has 1 atom stereocenters. The molecule has 0 bridgehead atoms. The zero-order valence-corrected chi connectivity index (χ0v) is 16.0. The number of nitrogens with zero attached hydrogens (tertiary/aromatic N) is 2. The van der Waals surface area contributed by atoms with Gasteiger partial charge in [-0.1, -0.05) is 49.4 Å². The van der Waals surface area contributed by atoms with Crippen LogP contribution in [-0.2, 0) is 11.2 Å². The summed E-state index contributed by atoms with van der Waals surface area (Å²) in [7, 11) is 1.67. The first-order valence-corrected chi connectivity index (χ1v) is 9.87. The second-order valence-corrected chi connectivity index (χ2v) is 7.59. The van der Waals surface area contributed by atoms with Crippen LogP contribution in [0.5, 0.6) is 5.75 Å². The number of hydrogen-bond acceptors (Lipinski definition) is 5. The molecule has 28 heavy (non-hydrogen) atoms. The highest BCUT2D eigenvalue weighted by Crippen LogP contribution is 2.30. The summed E-state index contributed by atoms with van der Waals surface area (Å²) in [6, 6.07) is 8.20.